The van der Waals surface area contributed by atoms with Crippen LogP contribution in [0.4, 0.5) is 0 Å². The minimum atomic E-state index is -0.110. The van der Waals surface area contributed by atoms with Crippen molar-refractivity contribution in [3.63, 3.8) is 0 Å². The van der Waals surface area contributed by atoms with E-state index in [1.54, 1.807) is 26.4 Å². The van der Waals surface area contributed by atoms with E-state index < -0.39 is 0 Å². The fourth-order valence-corrected chi connectivity index (χ4v) is 2.77. The summed E-state index contributed by atoms with van der Waals surface area (Å²) < 4.78 is 11.3. The SMILES string of the molecule is COc1cc(I)c(C(=O)NCCc2ccccc2)cc1OC. The van der Waals surface area contributed by atoms with Gasteiger partial charge in [-0.1, -0.05) is 30.3 Å². The lowest BCUT2D eigenvalue weighted by atomic mass is 10.1. The number of hydrogen-bond donors (Lipinski definition) is 1. The van der Waals surface area contributed by atoms with E-state index in [1.807, 2.05) is 30.3 Å². The summed E-state index contributed by atoms with van der Waals surface area (Å²) in [6, 6.07) is 13.6. The molecule has 1 amide bonds. The van der Waals surface area contributed by atoms with Gasteiger partial charge in [0.2, 0.25) is 0 Å². The number of carbonyl (C=O) groups excluding carboxylic acids is 1. The Balaban J connectivity index is 2.03. The summed E-state index contributed by atoms with van der Waals surface area (Å²) >= 11 is 2.12. The molecule has 0 saturated heterocycles. The topological polar surface area (TPSA) is 47.6 Å². The number of methoxy groups -OCH3 is 2. The van der Waals surface area contributed by atoms with Gasteiger partial charge in [0.15, 0.2) is 11.5 Å². The van der Waals surface area contributed by atoms with Gasteiger partial charge < -0.3 is 14.8 Å². The molecule has 0 radical (unpaired) electrons. The van der Waals surface area contributed by atoms with Gasteiger partial charge in [-0.3, -0.25) is 4.79 Å². The Bertz CT molecular complexity index is 644. The molecule has 0 saturated carbocycles. The molecule has 0 aliphatic rings. The standard InChI is InChI=1S/C17H18INO3/c1-21-15-10-13(14(18)11-16(15)22-2)17(20)19-9-8-12-6-4-3-5-7-12/h3-7,10-11H,8-9H2,1-2H3,(H,19,20). The van der Waals surface area contributed by atoms with Gasteiger partial charge in [0.1, 0.15) is 0 Å². The number of halogens is 1. The van der Waals surface area contributed by atoms with Crippen molar-refractivity contribution in [2.24, 2.45) is 0 Å². The normalized spacial score (nSPS) is 10.1. The Hall–Kier alpha value is -1.76. The van der Waals surface area contributed by atoms with Crippen LogP contribution in [0.5, 0.6) is 11.5 Å². The number of benzene rings is 2. The highest BCUT2D eigenvalue weighted by Crippen LogP contribution is 2.31. The Morgan fingerprint density at radius 1 is 1.09 bits per heavy atom. The van der Waals surface area contributed by atoms with Crippen LogP contribution in [-0.4, -0.2) is 26.7 Å². The van der Waals surface area contributed by atoms with Crippen LogP contribution in [0, 0.1) is 3.57 Å². The lowest BCUT2D eigenvalue weighted by molar-refractivity contribution is 0.0953. The third-order valence-corrected chi connectivity index (χ3v) is 4.15. The van der Waals surface area contributed by atoms with Crippen molar-refractivity contribution >= 4 is 28.5 Å². The fraction of sp³-hybridized carbons (Fsp3) is 0.235. The molecule has 0 fully saturated rings. The summed E-state index contributed by atoms with van der Waals surface area (Å²) in [6.45, 7) is 0.591. The van der Waals surface area contributed by atoms with Gasteiger partial charge in [-0.05, 0) is 46.7 Å². The Morgan fingerprint density at radius 2 is 1.73 bits per heavy atom. The molecule has 0 aliphatic carbocycles. The highest BCUT2D eigenvalue weighted by Gasteiger charge is 2.15. The molecule has 0 aromatic heterocycles. The van der Waals surface area contributed by atoms with Gasteiger partial charge in [0, 0.05) is 10.1 Å². The third kappa shape index (κ3) is 4.13. The van der Waals surface area contributed by atoms with Crippen LogP contribution >= 0.6 is 22.6 Å². The molecule has 116 valence electrons. The lowest BCUT2D eigenvalue weighted by Gasteiger charge is -2.12. The maximum atomic E-state index is 12.3. The summed E-state index contributed by atoms with van der Waals surface area (Å²) in [5.41, 5.74) is 1.79. The van der Waals surface area contributed by atoms with Crippen molar-refractivity contribution in [3.8, 4) is 11.5 Å². The monoisotopic (exact) mass is 411 g/mol. The number of nitrogens with one attached hydrogen (secondary N) is 1. The van der Waals surface area contributed by atoms with Crippen LogP contribution in [0.2, 0.25) is 0 Å². The lowest BCUT2D eigenvalue weighted by Crippen LogP contribution is -2.26. The Labute approximate surface area is 144 Å². The zero-order chi connectivity index (χ0) is 15.9. The van der Waals surface area contributed by atoms with E-state index in [0.717, 1.165) is 9.99 Å². The zero-order valence-electron chi connectivity index (χ0n) is 12.6. The molecular formula is C17H18INO3. The number of amides is 1. The van der Waals surface area contributed by atoms with E-state index in [1.165, 1.54) is 5.56 Å². The van der Waals surface area contributed by atoms with Gasteiger partial charge in [-0.15, -0.1) is 0 Å². The summed E-state index contributed by atoms with van der Waals surface area (Å²) in [5.74, 6) is 1.06. The van der Waals surface area contributed by atoms with Crippen molar-refractivity contribution < 1.29 is 14.3 Å². The largest absolute Gasteiger partial charge is 0.493 e. The number of rotatable bonds is 6. The van der Waals surface area contributed by atoms with Crippen LogP contribution in [0.3, 0.4) is 0 Å². The highest BCUT2D eigenvalue weighted by molar-refractivity contribution is 14.1. The average molecular weight is 411 g/mol. The van der Waals surface area contributed by atoms with Crippen LogP contribution in [-0.2, 0) is 6.42 Å². The van der Waals surface area contributed by atoms with Crippen LogP contribution < -0.4 is 14.8 Å². The van der Waals surface area contributed by atoms with E-state index in [0.29, 0.717) is 23.6 Å². The van der Waals surface area contributed by atoms with Gasteiger partial charge in [0.25, 0.3) is 5.91 Å². The van der Waals surface area contributed by atoms with E-state index in [9.17, 15) is 4.79 Å². The molecule has 2 aromatic rings. The molecule has 0 bridgehead atoms. The Kier molecular flexibility index (Phi) is 6.06. The predicted molar refractivity (Wildman–Crippen MR) is 94.7 cm³/mol. The number of carbonyl (C=O) groups is 1. The summed E-state index contributed by atoms with van der Waals surface area (Å²) in [7, 11) is 3.13. The summed E-state index contributed by atoms with van der Waals surface area (Å²) in [4.78, 5) is 12.3. The molecule has 0 unspecified atom stereocenters. The van der Waals surface area contributed by atoms with Crippen LogP contribution in [0.15, 0.2) is 42.5 Å². The van der Waals surface area contributed by atoms with Crippen molar-refractivity contribution in [3.05, 3.63) is 57.2 Å². The van der Waals surface area contributed by atoms with Gasteiger partial charge in [-0.25, -0.2) is 0 Å². The van der Waals surface area contributed by atoms with E-state index >= 15 is 0 Å². The second-order valence-corrected chi connectivity index (χ2v) is 5.84. The molecule has 0 atom stereocenters. The minimum Gasteiger partial charge on any atom is -0.493 e. The summed E-state index contributed by atoms with van der Waals surface area (Å²) in [5, 5.41) is 2.94. The molecule has 2 rings (SSSR count). The second kappa shape index (κ2) is 8.03. The molecule has 4 nitrogen and oxygen atoms in total. The minimum absolute atomic E-state index is 0.110. The number of ether oxygens (including phenoxy) is 2. The fourth-order valence-electron chi connectivity index (χ4n) is 2.09. The predicted octanol–water partition coefficient (Wildman–Crippen LogP) is 3.28. The quantitative estimate of drug-likeness (QED) is 0.743. The molecule has 22 heavy (non-hydrogen) atoms. The van der Waals surface area contributed by atoms with Crippen molar-refractivity contribution in [2.45, 2.75) is 6.42 Å². The van der Waals surface area contributed by atoms with Gasteiger partial charge in [-0.2, -0.15) is 0 Å². The molecule has 0 heterocycles. The van der Waals surface area contributed by atoms with Gasteiger partial charge in [0.05, 0.1) is 19.8 Å². The molecule has 1 N–H and O–H groups in total. The molecular weight excluding hydrogens is 393 g/mol. The summed E-state index contributed by atoms with van der Waals surface area (Å²) in [6.07, 6.45) is 0.802. The molecule has 0 aliphatic heterocycles. The third-order valence-electron chi connectivity index (χ3n) is 3.26. The maximum absolute atomic E-state index is 12.3. The second-order valence-electron chi connectivity index (χ2n) is 4.68. The van der Waals surface area contributed by atoms with Crippen molar-refractivity contribution in [1.29, 1.82) is 0 Å². The van der Waals surface area contributed by atoms with Crippen molar-refractivity contribution in [1.82, 2.24) is 5.32 Å². The van der Waals surface area contributed by atoms with E-state index in [-0.39, 0.29) is 5.91 Å². The molecule has 0 spiro atoms. The molecule has 5 heteroatoms. The first-order chi connectivity index (χ1) is 10.7. The van der Waals surface area contributed by atoms with E-state index in [2.05, 4.69) is 27.9 Å². The van der Waals surface area contributed by atoms with Crippen LogP contribution in [0.1, 0.15) is 15.9 Å². The first-order valence-corrected chi connectivity index (χ1v) is 7.97. The number of hydrogen-bond acceptors (Lipinski definition) is 3. The average Bonchev–Trinajstić information content (AvgIpc) is 2.55. The van der Waals surface area contributed by atoms with Gasteiger partial charge >= 0.3 is 0 Å². The van der Waals surface area contributed by atoms with E-state index in [4.69, 9.17) is 9.47 Å². The Morgan fingerprint density at radius 3 is 2.36 bits per heavy atom. The first kappa shape index (κ1) is 16.6. The molecule has 2 aromatic carbocycles. The smallest absolute Gasteiger partial charge is 0.252 e. The van der Waals surface area contributed by atoms with Crippen LogP contribution in [0.25, 0.3) is 0 Å². The first-order valence-electron chi connectivity index (χ1n) is 6.89. The maximum Gasteiger partial charge on any atom is 0.252 e. The van der Waals surface area contributed by atoms with Crippen molar-refractivity contribution in [2.75, 3.05) is 20.8 Å². The highest BCUT2D eigenvalue weighted by atomic mass is 127. The zero-order valence-corrected chi connectivity index (χ0v) is 14.7.